The van der Waals surface area contributed by atoms with Gasteiger partial charge in [-0.25, -0.2) is 33.8 Å². The largest absolute Gasteiger partial charge is 0.504 e. The SMILES string of the molecule is NC(=O)C(Cc1ccc(O)c(O)c1)NC(=O)N(CCN(CCN(C(=O)O)C(=O)NC(Cc1ccc(O)c(O)c1)C(N)=O)C(=O)O)C(=O)O. The number of carbonyl (C=O) groups is 7. The minimum absolute atomic E-state index is 0.112. The molecule has 48 heavy (non-hydrogen) atoms. The number of primary amides is 2. The molecule has 21 heteroatoms. The molecule has 0 spiro atoms. The molecule has 0 fully saturated rings. The summed E-state index contributed by atoms with van der Waals surface area (Å²) in [6.07, 6.45) is -6.09. The summed E-state index contributed by atoms with van der Waals surface area (Å²) in [7, 11) is 0. The number of hydrogen-bond donors (Lipinski definition) is 11. The molecular weight excluding hydrogens is 646 g/mol. The molecule has 0 aromatic heterocycles. The normalized spacial score (nSPS) is 11.8. The van der Waals surface area contributed by atoms with E-state index in [4.69, 9.17) is 11.5 Å². The topological polar surface area (TPSA) is 347 Å². The minimum atomic E-state index is -1.87. The molecule has 2 aromatic rings. The van der Waals surface area contributed by atoms with Crippen molar-refractivity contribution in [1.82, 2.24) is 25.3 Å². The maximum Gasteiger partial charge on any atom is 0.415 e. The van der Waals surface area contributed by atoms with Crippen molar-refractivity contribution in [3.8, 4) is 23.0 Å². The van der Waals surface area contributed by atoms with Gasteiger partial charge in [-0.1, -0.05) is 12.1 Å². The van der Waals surface area contributed by atoms with Gasteiger partial charge in [0.15, 0.2) is 23.0 Å². The average molecular weight is 680 g/mol. The monoisotopic (exact) mass is 679 g/mol. The summed E-state index contributed by atoms with van der Waals surface area (Å²) in [5.41, 5.74) is 11.1. The van der Waals surface area contributed by atoms with Crippen LogP contribution in [-0.2, 0) is 22.4 Å². The summed E-state index contributed by atoms with van der Waals surface area (Å²) < 4.78 is 0. The number of benzene rings is 2. The van der Waals surface area contributed by atoms with Crippen molar-refractivity contribution >= 4 is 42.2 Å². The second-order valence-electron chi connectivity index (χ2n) is 10.0. The quantitative estimate of drug-likeness (QED) is 0.111. The first-order chi connectivity index (χ1) is 22.4. The summed E-state index contributed by atoms with van der Waals surface area (Å²) in [5.74, 6) is -4.20. The van der Waals surface area contributed by atoms with Gasteiger partial charge in [0, 0.05) is 25.9 Å². The molecule has 2 rings (SSSR count). The molecule has 0 aliphatic heterocycles. The summed E-state index contributed by atoms with van der Waals surface area (Å²) in [5, 5.41) is 71.0. The molecule has 2 atom stereocenters. The lowest BCUT2D eigenvalue weighted by atomic mass is 10.0. The smallest absolute Gasteiger partial charge is 0.415 e. The van der Waals surface area contributed by atoms with Crippen LogP contribution in [-0.4, -0.2) is 131 Å². The van der Waals surface area contributed by atoms with Gasteiger partial charge < -0.3 is 62.7 Å². The number of nitrogens with two attached hydrogens (primary N) is 2. The van der Waals surface area contributed by atoms with E-state index in [1.165, 1.54) is 12.1 Å². The van der Waals surface area contributed by atoms with Gasteiger partial charge in [0.05, 0.1) is 13.1 Å². The number of phenols is 4. The van der Waals surface area contributed by atoms with Crippen molar-refractivity contribution in [3.05, 3.63) is 47.5 Å². The molecule has 2 unspecified atom stereocenters. The number of imide groups is 2. The summed E-state index contributed by atoms with van der Waals surface area (Å²) in [4.78, 5) is 85.5. The number of nitrogens with zero attached hydrogens (tertiary/aromatic N) is 3. The van der Waals surface area contributed by atoms with Crippen LogP contribution in [0.5, 0.6) is 23.0 Å². The molecule has 0 aliphatic carbocycles. The van der Waals surface area contributed by atoms with Crippen LogP contribution in [0.2, 0.25) is 0 Å². The van der Waals surface area contributed by atoms with Crippen LogP contribution in [0.25, 0.3) is 0 Å². The molecule has 0 heterocycles. The Bertz CT molecular complexity index is 1460. The van der Waals surface area contributed by atoms with Gasteiger partial charge in [0.25, 0.3) is 0 Å². The molecule has 0 saturated carbocycles. The highest BCUT2D eigenvalue weighted by atomic mass is 16.4. The number of carboxylic acid groups (broad SMARTS) is 3. The fourth-order valence-corrected chi connectivity index (χ4v) is 4.08. The molecule has 0 radical (unpaired) electrons. The van der Waals surface area contributed by atoms with Crippen LogP contribution in [0.3, 0.4) is 0 Å². The van der Waals surface area contributed by atoms with E-state index in [9.17, 15) is 69.3 Å². The lowest BCUT2D eigenvalue weighted by Gasteiger charge is -2.27. The first-order valence-electron chi connectivity index (χ1n) is 13.6. The van der Waals surface area contributed by atoms with Gasteiger partial charge in [-0.15, -0.1) is 0 Å². The molecule has 21 nitrogen and oxygen atoms in total. The van der Waals surface area contributed by atoms with Crippen molar-refractivity contribution in [2.75, 3.05) is 26.2 Å². The van der Waals surface area contributed by atoms with E-state index in [-0.39, 0.29) is 33.8 Å². The Balaban J connectivity index is 2.08. The molecule has 260 valence electrons. The Labute approximate surface area is 270 Å². The fraction of sp³-hybridized carbons (Fsp3) is 0.296. The first-order valence-corrected chi connectivity index (χ1v) is 13.6. The maximum absolute atomic E-state index is 12.7. The lowest BCUT2D eigenvalue weighted by Crippen LogP contribution is -2.55. The van der Waals surface area contributed by atoms with Gasteiger partial charge in [-0.05, 0) is 35.4 Å². The third-order valence-electron chi connectivity index (χ3n) is 6.65. The summed E-state index contributed by atoms with van der Waals surface area (Å²) >= 11 is 0. The van der Waals surface area contributed by atoms with E-state index >= 15 is 0 Å². The molecule has 0 bridgehead atoms. The van der Waals surface area contributed by atoms with Crippen LogP contribution in [0, 0.1) is 0 Å². The fourth-order valence-electron chi connectivity index (χ4n) is 4.08. The Morgan fingerprint density at radius 1 is 0.562 bits per heavy atom. The van der Waals surface area contributed by atoms with Gasteiger partial charge in [-0.3, -0.25) is 9.59 Å². The molecule has 13 N–H and O–H groups in total. The minimum Gasteiger partial charge on any atom is -0.504 e. The maximum atomic E-state index is 12.7. The van der Waals surface area contributed by atoms with E-state index in [2.05, 4.69) is 10.6 Å². The highest BCUT2D eigenvalue weighted by Gasteiger charge is 2.30. The third-order valence-corrected chi connectivity index (χ3v) is 6.65. The third kappa shape index (κ3) is 10.7. The van der Waals surface area contributed by atoms with Crippen molar-refractivity contribution in [3.63, 3.8) is 0 Å². The molecule has 9 amide bonds. The number of carbonyl (C=O) groups excluding carboxylic acids is 4. The van der Waals surface area contributed by atoms with Crippen molar-refractivity contribution in [1.29, 1.82) is 0 Å². The van der Waals surface area contributed by atoms with Crippen LogP contribution in [0.4, 0.5) is 24.0 Å². The van der Waals surface area contributed by atoms with E-state index in [0.29, 0.717) is 4.90 Å². The van der Waals surface area contributed by atoms with Crippen LogP contribution >= 0.6 is 0 Å². The highest BCUT2D eigenvalue weighted by Crippen LogP contribution is 2.26. The van der Waals surface area contributed by atoms with E-state index in [1.807, 2.05) is 0 Å². The molecule has 0 saturated heterocycles. The highest BCUT2D eigenvalue weighted by molar-refractivity contribution is 5.94. The van der Waals surface area contributed by atoms with Crippen molar-refractivity contribution in [2.24, 2.45) is 11.5 Å². The van der Waals surface area contributed by atoms with E-state index < -0.39 is 103 Å². The predicted molar refractivity (Wildman–Crippen MR) is 159 cm³/mol. The number of hydrogen-bond acceptors (Lipinski definition) is 11. The Morgan fingerprint density at radius 2 is 0.917 bits per heavy atom. The average Bonchev–Trinajstić information content (AvgIpc) is 2.98. The van der Waals surface area contributed by atoms with Gasteiger partial charge >= 0.3 is 30.3 Å². The number of phenolic OH excluding ortho intramolecular Hbond substituents is 4. The second-order valence-corrected chi connectivity index (χ2v) is 10.0. The summed E-state index contributed by atoms with van der Waals surface area (Å²) in [6, 6.07) is 1.17. The zero-order chi connectivity index (χ0) is 36.3. The molecular formula is C27H33N7O14. The zero-order valence-corrected chi connectivity index (χ0v) is 24.8. The first kappa shape index (κ1) is 37.5. The molecule has 0 aliphatic rings. The van der Waals surface area contributed by atoms with E-state index in [0.717, 1.165) is 24.3 Å². The number of urea groups is 2. The Kier molecular flexibility index (Phi) is 13.0. The van der Waals surface area contributed by atoms with Gasteiger partial charge in [0.1, 0.15) is 12.1 Å². The van der Waals surface area contributed by atoms with E-state index in [1.54, 1.807) is 0 Å². The van der Waals surface area contributed by atoms with Crippen LogP contribution < -0.4 is 22.1 Å². The number of amides is 9. The van der Waals surface area contributed by atoms with Crippen LogP contribution in [0.1, 0.15) is 11.1 Å². The zero-order valence-electron chi connectivity index (χ0n) is 24.8. The number of aromatic hydroxyl groups is 4. The standard InChI is InChI=1S/C27H33N7O14/c28-21(39)15(9-13-1-3-17(35)19(37)11-13)30-23(41)33(26(45)46)7-5-32(25(43)44)6-8-34(27(47)48)24(42)31-16(22(29)40)10-14-2-4-18(36)20(38)12-14/h1-4,11-12,15-16,35-38H,5-10H2,(H2,28,39)(H2,29,40)(H,30,41)(H,31,42)(H,43,44)(H,45,46)(H,47,48). The van der Waals surface area contributed by atoms with Gasteiger partial charge in [0.2, 0.25) is 11.8 Å². The molecule has 2 aromatic carbocycles. The number of nitrogens with one attached hydrogen (secondary N) is 2. The van der Waals surface area contributed by atoms with Crippen molar-refractivity contribution in [2.45, 2.75) is 24.9 Å². The number of rotatable bonds is 14. The van der Waals surface area contributed by atoms with Gasteiger partial charge in [-0.2, -0.15) is 0 Å². The second kappa shape index (κ2) is 16.6. The van der Waals surface area contributed by atoms with Crippen LogP contribution in [0.15, 0.2) is 36.4 Å². The Hall–Kier alpha value is -6.67. The van der Waals surface area contributed by atoms with Crippen molar-refractivity contribution < 1.29 is 69.3 Å². The predicted octanol–water partition coefficient (Wildman–Crippen LogP) is -0.639. The Morgan fingerprint density at radius 3 is 1.19 bits per heavy atom. The summed E-state index contributed by atoms with van der Waals surface area (Å²) in [6.45, 7) is -3.13. The lowest BCUT2D eigenvalue weighted by molar-refractivity contribution is -0.120.